The zero-order chi connectivity index (χ0) is 11.3. The quantitative estimate of drug-likeness (QED) is 0.658. The molecule has 3 N–H and O–H groups in total. The first-order chi connectivity index (χ1) is 7.15. The first-order valence-corrected chi connectivity index (χ1v) is 5.31. The number of rotatable bonds is 5. The van der Waals surface area contributed by atoms with Gasteiger partial charge in [0.2, 0.25) is 5.91 Å². The highest BCUT2D eigenvalue weighted by Crippen LogP contribution is 2.15. The number of carbonyl (C=O) groups excluding carboxylic acids is 1. The van der Waals surface area contributed by atoms with Crippen LogP contribution in [0.4, 0.5) is 0 Å². The van der Waals surface area contributed by atoms with E-state index in [1.807, 2.05) is 6.92 Å². The molecule has 3 atom stereocenters. The van der Waals surface area contributed by atoms with Crippen molar-refractivity contribution >= 4 is 5.91 Å². The van der Waals surface area contributed by atoms with Gasteiger partial charge < -0.3 is 20.5 Å². The molecule has 5 nitrogen and oxygen atoms in total. The normalized spacial score (nSPS) is 24.9. The molecule has 0 aromatic rings. The molecule has 1 heterocycles. The Morgan fingerprint density at radius 1 is 1.73 bits per heavy atom. The molecule has 0 aliphatic carbocycles. The summed E-state index contributed by atoms with van der Waals surface area (Å²) in [6.45, 7) is 2.96. The van der Waals surface area contributed by atoms with Gasteiger partial charge >= 0.3 is 0 Å². The SMILES string of the molecule is COCC(N)C(=O)NC(C)C1CCCO1. The third-order valence-corrected chi connectivity index (χ3v) is 2.58. The Morgan fingerprint density at radius 2 is 2.47 bits per heavy atom. The van der Waals surface area contributed by atoms with E-state index in [4.69, 9.17) is 15.2 Å². The second-order valence-corrected chi connectivity index (χ2v) is 3.91. The largest absolute Gasteiger partial charge is 0.383 e. The average molecular weight is 216 g/mol. The molecule has 1 amide bonds. The predicted molar refractivity (Wildman–Crippen MR) is 56.4 cm³/mol. The van der Waals surface area contributed by atoms with Crippen molar-refractivity contribution in [2.45, 2.75) is 38.0 Å². The molecule has 88 valence electrons. The molecule has 0 radical (unpaired) electrons. The van der Waals surface area contributed by atoms with Crippen LogP contribution < -0.4 is 11.1 Å². The fourth-order valence-electron chi connectivity index (χ4n) is 1.68. The standard InChI is InChI=1S/C10H20N2O3/c1-7(9-4-3-5-15-9)12-10(13)8(11)6-14-2/h7-9H,3-6,11H2,1-2H3,(H,12,13). The van der Waals surface area contributed by atoms with Gasteiger partial charge in [0.15, 0.2) is 0 Å². The maximum absolute atomic E-state index is 11.5. The van der Waals surface area contributed by atoms with E-state index in [-0.39, 0.29) is 24.7 Å². The van der Waals surface area contributed by atoms with Crippen LogP contribution in [0, 0.1) is 0 Å². The highest BCUT2D eigenvalue weighted by Gasteiger charge is 2.25. The van der Waals surface area contributed by atoms with E-state index in [0.717, 1.165) is 19.4 Å². The van der Waals surface area contributed by atoms with Gasteiger partial charge in [-0.1, -0.05) is 0 Å². The molecule has 15 heavy (non-hydrogen) atoms. The van der Waals surface area contributed by atoms with Crippen molar-refractivity contribution in [3.63, 3.8) is 0 Å². The van der Waals surface area contributed by atoms with E-state index in [1.54, 1.807) is 0 Å². The van der Waals surface area contributed by atoms with Gasteiger partial charge in [0.25, 0.3) is 0 Å². The Kier molecular flexibility index (Phi) is 5.01. The van der Waals surface area contributed by atoms with Crippen LogP contribution in [0.1, 0.15) is 19.8 Å². The summed E-state index contributed by atoms with van der Waals surface area (Å²) in [7, 11) is 1.52. The van der Waals surface area contributed by atoms with Crippen molar-refractivity contribution in [1.82, 2.24) is 5.32 Å². The minimum absolute atomic E-state index is 0.0166. The minimum atomic E-state index is -0.598. The monoisotopic (exact) mass is 216 g/mol. The molecule has 0 saturated carbocycles. The van der Waals surface area contributed by atoms with Gasteiger partial charge in [-0.3, -0.25) is 4.79 Å². The lowest BCUT2D eigenvalue weighted by atomic mass is 10.1. The Morgan fingerprint density at radius 3 is 3.00 bits per heavy atom. The molecule has 1 fully saturated rings. The van der Waals surface area contributed by atoms with Crippen LogP contribution in [0.3, 0.4) is 0 Å². The third-order valence-electron chi connectivity index (χ3n) is 2.58. The number of amides is 1. The molecule has 1 rings (SSSR count). The van der Waals surface area contributed by atoms with Gasteiger partial charge in [-0.15, -0.1) is 0 Å². The topological polar surface area (TPSA) is 73.6 Å². The van der Waals surface area contributed by atoms with E-state index in [1.165, 1.54) is 7.11 Å². The fourth-order valence-corrected chi connectivity index (χ4v) is 1.68. The first-order valence-electron chi connectivity index (χ1n) is 5.31. The van der Waals surface area contributed by atoms with Gasteiger partial charge in [0, 0.05) is 13.7 Å². The number of hydrogen-bond acceptors (Lipinski definition) is 4. The van der Waals surface area contributed by atoms with Gasteiger partial charge in [0.05, 0.1) is 18.8 Å². The second kappa shape index (κ2) is 6.05. The summed E-state index contributed by atoms with van der Waals surface area (Å²) in [6.07, 6.45) is 2.19. The number of hydrogen-bond donors (Lipinski definition) is 2. The first kappa shape index (κ1) is 12.4. The van der Waals surface area contributed by atoms with Crippen LogP contribution in [-0.2, 0) is 14.3 Å². The van der Waals surface area contributed by atoms with Crippen LogP contribution in [0.15, 0.2) is 0 Å². The number of ether oxygens (including phenoxy) is 2. The summed E-state index contributed by atoms with van der Waals surface area (Å²) in [4.78, 5) is 11.5. The van der Waals surface area contributed by atoms with Crippen LogP contribution in [0.2, 0.25) is 0 Å². The summed E-state index contributed by atoms with van der Waals surface area (Å²) in [5, 5.41) is 2.84. The molecule has 1 aliphatic rings. The molecule has 0 bridgehead atoms. The molecule has 5 heteroatoms. The van der Waals surface area contributed by atoms with Crippen LogP contribution in [0.5, 0.6) is 0 Å². The molecule has 1 saturated heterocycles. The smallest absolute Gasteiger partial charge is 0.239 e. The molecular formula is C10H20N2O3. The van der Waals surface area contributed by atoms with Crippen molar-refractivity contribution in [3.05, 3.63) is 0 Å². The lowest BCUT2D eigenvalue weighted by Gasteiger charge is -2.21. The van der Waals surface area contributed by atoms with E-state index >= 15 is 0 Å². The van der Waals surface area contributed by atoms with E-state index in [2.05, 4.69) is 5.32 Å². The maximum Gasteiger partial charge on any atom is 0.239 e. The van der Waals surface area contributed by atoms with Crippen LogP contribution in [-0.4, -0.2) is 44.4 Å². The molecule has 3 unspecified atom stereocenters. The Labute approximate surface area is 90.3 Å². The van der Waals surface area contributed by atoms with Crippen molar-refractivity contribution in [3.8, 4) is 0 Å². The van der Waals surface area contributed by atoms with Gasteiger partial charge in [-0.05, 0) is 19.8 Å². The number of methoxy groups -OCH3 is 1. The van der Waals surface area contributed by atoms with E-state index in [0.29, 0.717) is 0 Å². The maximum atomic E-state index is 11.5. The third kappa shape index (κ3) is 3.77. The lowest BCUT2D eigenvalue weighted by molar-refractivity contribution is -0.124. The Balaban J connectivity index is 2.29. The minimum Gasteiger partial charge on any atom is -0.383 e. The van der Waals surface area contributed by atoms with Gasteiger partial charge in [-0.2, -0.15) is 0 Å². The lowest BCUT2D eigenvalue weighted by Crippen LogP contribution is -2.49. The molecule has 0 aromatic carbocycles. The molecular weight excluding hydrogens is 196 g/mol. The number of carbonyl (C=O) groups is 1. The summed E-state index contributed by atoms with van der Waals surface area (Å²) in [5.74, 6) is -0.181. The van der Waals surface area contributed by atoms with Crippen LogP contribution in [0.25, 0.3) is 0 Å². The van der Waals surface area contributed by atoms with E-state index < -0.39 is 6.04 Å². The van der Waals surface area contributed by atoms with Crippen LogP contribution >= 0.6 is 0 Å². The summed E-state index contributed by atoms with van der Waals surface area (Å²) < 4.78 is 10.3. The summed E-state index contributed by atoms with van der Waals surface area (Å²) in [5.41, 5.74) is 5.60. The predicted octanol–water partition coefficient (Wildman–Crippen LogP) is -0.356. The highest BCUT2D eigenvalue weighted by molar-refractivity contribution is 5.81. The fraction of sp³-hybridized carbons (Fsp3) is 0.900. The van der Waals surface area contributed by atoms with Gasteiger partial charge in [0.1, 0.15) is 6.04 Å². The van der Waals surface area contributed by atoms with Crippen molar-refractivity contribution in [2.24, 2.45) is 5.73 Å². The van der Waals surface area contributed by atoms with Gasteiger partial charge in [-0.25, -0.2) is 0 Å². The Hall–Kier alpha value is -0.650. The molecule has 0 aromatic heterocycles. The Bertz CT molecular complexity index is 205. The van der Waals surface area contributed by atoms with E-state index in [9.17, 15) is 4.79 Å². The molecule has 0 spiro atoms. The number of nitrogens with two attached hydrogens (primary N) is 1. The second-order valence-electron chi connectivity index (χ2n) is 3.91. The van der Waals surface area contributed by atoms with Crippen molar-refractivity contribution < 1.29 is 14.3 Å². The average Bonchev–Trinajstić information content (AvgIpc) is 2.70. The highest BCUT2D eigenvalue weighted by atomic mass is 16.5. The molecule has 1 aliphatic heterocycles. The summed E-state index contributed by atoms with van der Waals surface area (Å²) in [6, 6.07) is -0.582. The summed E-state index contributed by atoms with van der Waals surface area (Å²) >= 11 is 0. The van der Waals surface area contributed by atoms with Crippen molar-refractivity contribution in [1.29, 1.82) is 0 Å². The van der Waals surface area contributed by atoms with Crippen molar-refractivity contribution in [2.75, 3.05) is 20.3 Å². The zero-order valence-corrected chi connectivity index (χ0v) is 9.36. The number of nitrogens with one attached hydrogen (secondary N) is 1. The zero-order valence-electron chi connectivity index (χ0n) is 9.36.